The number of aromatic nitrogens is 1. The first-order chi connectivity index (χ1) is 12.1. The molecule has 0 unspecified atom stereocenters. The van der Waals surface area contributed by atoms with Crippen molar-refractivity contribution in [2.24, 2.45) is 17.8 Å². The molecule has 2 amide bonds. The van der Waals surface area contributed by atoms with Crippen LogP contribution in [0.2, 0.25) is 0 Å². The summed E-state index contributed by atoms with van der Waals surface area (Å²) in [6.07, 6.45) is 6.17. The molecule has 4 rings (SSSR count). The van der Waals surface area contributed by atoms with Gasteiger partial charge in [-0.15, -0.1) is 0 Å². The Hall–Kier alpha value is -1.95. The first kappa shape index (κ1) is 16.5. The van der Waals surface area contributed by atoms with Gasteiger partial charge in [0.05, 0.1) is 13.1 Å². The molecule has 3 aliphatic rings. The van der Waals surface area contributed by atoms with Gasteiger partial charge < -0.3 is 15.0 Å². The van der Waals surface area contributed by atoms with Gasteiger partial charge >= 0.3 is 0 Å². The van der Waals surface area contributed by atoms with Gasteiger partial charge in [0.15, 0.2) is 0 Å². The van der Waals surface area contributed by atoms with Gasteiger partial charge in [0.25, 0.3) is 5.91 Å². The molecule has 3 atom stereocenters. The summed E-state index contributed by atoms with van der Waals surface area (Å²) in [4.78, 5) is 30.3. The zero-order valence-corrected chi connectivity index (χ0v) is 14.6. The minimum atomic E-state index is -0.171. The lowest BCUT2D eigenvalue weighted by molar-refractivity contribution is -0.166. The fourth-order valence-electron chi connectivity index (χ4n) is 4.16. The van der Waals surface area contributed by atoms with Gasteiger partial charge in [-0.1, -0.05) is 6.92 Å². The SMILES string of the molecule is C[C@@H]1C[C@@H]1C(=O)N1CC2(C1)OCC[C@H]2CCNC(=O)c1ccncc1. The maximum atomic E-state index is 12.3. The molecule has 1 aromatic rings. The van der Waals surface area contributed by atoms with E-state index in [9.17, 15) is 9.59 Å². The smallest absolute Gasteiger partial charge is 0.251 e. The summed E-state index contributed by atoms with van der Waals surface area (Å²) in [6, 6.07) is 3.42. The standard InChI is InChI=1S/C19H25N3O3/c1-13-10-16(13)18(24)22-11-19(12-22)15(5-9-25-19)4-8-21-17(23)14-2-6-20-7-3-14/h2-3,6-7,13,15-16H,4-5,8-12H2,1H3,(H,21,23)/t13-,15-,16+/m1/s1. The molecular formula is C19H25N3O3. The van der Waals surface area contributed by atoms with E-state index in [0.29, 0.717) is 29.9 Å². The van der Waals surface area contributed by atoms with Gasteiger partial charge in [-0.2, -0.15) is 0 Å². The fraction of sp³-hybridized carbons (Fsp3) is 0.632. The largest absolute Gasteiger partial charge is 0.371 e. The average molecular weight is 343 g/mol. The fourth-order valence-corrected chi connectivity index (χ4v) is 4.16. The maximum absolute atomic E-state index is 12.3. The van der Waals surface area contributed by atoms with Crippen molar-refractivity contribution in [2.75, 3.05) is 26.2 Å². The van der Waals surface area contributed by atoms with E-state index in [4.69, 9.17) is 4.74 Å². The molecule has 1 aromatic heterocycles. The topological polar surface area (TPSA) is 71.5 Å². The van der Waals surface area contributed by atoms with Crippen molar-refractivity contribution in [3.63, 3.8) is 0 Å². The second kappa shape index (κ2) is 6.41. The molecule has 1 spiro atoms. The molecule has 0 bridgehead atoms. The zero-order chi connectivity index (χ0) is 17.4. The molecule has 3 fully saturated rings. The van der Waals surface area contributed by atoms with Crippen LogP contribution >= 0.6 is 0 Å². The van der Waals surface area contributed by atoms with Crippen LogP contribution in [0, 0.1) is 17.8 Å². The van der Waals surface area contributed by atoms with E-state index in [1.807, 2.05) is 4.90 Å². The highest BCUT2D eigenvalue weighted by molar-refractivity contribution is 5.93. The molecule has 6 nitrogen and oxygen atoms in total. The van der Waals surface area contributed by atoms with Crippen molar-refractivity contribution in [3.8, 4) is 0 Å². The molecule has 1 aliphatic carbocycles. The lowest BCUT2D eigenvalue weighted by Crippen LogP contribution is -2.66. The molecule has 6 heteroatoms. The van der Waals surface area contributed by atoms with E-state index in [-0.39, 0.29) is 17.4 Å². The Balaban J connectivity index is 1.25. The van der Waals surface area contributed by atoms with Gasteiger partial charge in [0.2, 0.25) is 5.91 Å². The van der Waals surface area contributed by atoms with Crippen LogP contribution in [-0.2, 0) is 9.53 Å². The van der Waals surface area contributed by atoms with Gasteiger partial charge in [0, 0.05) is 37.0 Å². The minimum absolute atomic E-state index is 0.0662. The van der Waals surface area contributed by atoms with Crippen molar-refractivity contribution >= 4 is 11.8 Å². The van der Waals surface area contributed by atoms with E-state index in [2.05, 4.69) is 17.2 Å². The highest BCUT2D eigenvalue weighted by Gasteiger charge is 2.56. The third-order valence-electron chi connectivity index (χ3n) is 5.98. The van der Waals surface area contributed by atoms with E-state index in [1.165, 1.54) is 0 Å². The zero-order valence-electron chi connectivity index (χ0n) is 14.6. The molecule has 0 radical (unpaired) electrons. The summed E-state index contributed by atoms with van der Waals surface area (Å²) in [5.74, 6) is 1.44. The Morgan fingerprint density at radius 1 is 1.36 bits per heavy atom. The monoisotopic (exact) mass is 343 g/mol. The normalized spacial score (nSPS) is 29.3. The first-order valence-corrected chi connectivity index (χ1v) is 9.20. The highest BCUT2D eigenvalue weighted by atomic mass is 16.5. The third kappa shape index (κ3) is 3.15. The number of hydrogen-bond acceptors (Lipinski definition) is 4. The van der Waals surface area contributed by atoms with Crippen molar-refractivity contribution in [2.45, 2.75) is 31.8 Å². The number of likely N-dealkylation sites (tertiary alicyclic amines) is 1. The molecular weight excluding hydrogens is 318 g/mol. The third-order valence-corrected chi connectivity index (χ3v) is 5.98. The van der Waals surface area contributed by atoms with Crippen molar-refractivity contribution in [3.05, 3.63) is 30.1 Å². The van der Waals surface area contributed by atoms with Gasteiger partial charge in [0.1, 0.15) is 5.60 Å². The van der Waals surface area contributed by atoms with Crippen LogP contribution in [0.1, 0.15) is 36.5 Å². The number of nitrogens with zero attached hydrogens (tertiary/aromatic N) is 2. The van der Waals surface area contributed by atoms with Gasteiger partial charge in [-0.25, -0.2) is 0 Å². The van der Waals surface area contributed by atoms with E-state index in [0.717, 1.165) is 39.0 Å². The average Bonchev–Trinajstić information content (AvgIpc) is 3.17. The number of carbonyl (C=O) groups excluding carboxylic acids is 2. The van der Waals surface area contributed by atoms with Crippen LogP contribution in [-0.4, -0.2) is 53.5 Å². The Kier molecular flexibility index (Phi) is 4.23. The summed E-state index contributed by atoms with van der Waals surface area (Å²) in [6.45, 7) is 4.96. The Bertz CT molecular complexity index is 657. The van der Waals surface area contributed by atoms with Crippen molar-refractivity contribution in [1.82, 2.24) is 15.2 Å². The number of nitrogens with one attached hydrogen (secondary N) is 1. The molecule has 0 aromatic carbocycles. The van der Waals surface area contributed by atoms with Crippen LogP contribution < -0.4 is 5.32 Å². The Morgan fingerprint density at radius 2 is 2.08 bits per heavy atom. The summed E-state index contributed by atoms with van der Waals surface area (Å²) in [5.41, 5.74) is 0.459. The van der Waals surface area contributed by atoms with Crippen molar-refractivity contribution in [1.29, 1.82) is 0 Å². The highest BCUT2D eigenvalue weighted by Crippen LogP contribution is 2.45. The second-order valence-electron chi connectivity index (χ2n) is 7.69. The van der Waals surface area contributed by atoms with Crippen LogP contribution in [0.4, 0.5) is 0 Å². The van der Waals surface area contributed by atoms with Crippen LogP contribution in [0.25, 0.3) is 0 Å². The van der Waals surface area contributed by atoms with Crippen molar-refractivity contribution < 1.29 is 14.3 Å². The summed E-state index contributed by atoms with van der Waals surface area (Å²) in [7, 11) is 0. The number of pyridine rings is 1. The van der Waals surface area contributed by atoms with Crippen LogP contribution in [0.5, 0.6) is 0 Å². The minimum Gasteiger partial charge on any atom is -0.371 e. The number of hydrogen-bond donors (Lipinski definition) is 1. The summed E-state index contributed by atoms with van der Waals surface area (Å²) < 4.78 is 6.02. The maximum Gasteiger partial charge on any atom is 0.251 e. The molecule has 1 saturated carbocycles. The summed E-state index contributed by atoms with van der Waals surface area (Å²) in [5, 5.41) is 2.98. The number of carbonyl (C=O) groups is 2. The number of ether oxygens (including phenoxy) is 1. The Morgan fingerprint density at radius 3 is 2.76 bits per heavy atom. The van der Waals surface area contributed by atoms with Crippen LogP contribution in [0.3, 0.4) is 0 Å². The molecule has 3 heterocycles. The van der Waals surface area contributed by atoms with E-state index < -0.39 is 0 Å². The molecule has 2 aliphatic heterocycles. The Labute approximate surface area is 147 Å². The summed E-state index contributed by atoms with van der Waals surface area (Å²) >= 11 is 0. The quantitative estimate of drug-likeness (QED) is 0.879. The first-order valence-electron chi connectivity index (χ1n) is 9.20. The van der Waals surface area contributed by atoms with Gasteiger partial charge in [-0.05, 0) is 43.2 Å². The molecule has 2 saturated heterocycles. The number of amides is 2. The predicted octanol–water partition coefficient (Wildman–Crippen LogP) is 1.47. The molecule has 25 heavy (non-hydrogen) atoms. The molecule has 134 valence electrons. The van der Waals surface area contributed by atoms with E-state index >= 15 is 0 Å². The van der Waals surface area contributed by atoms with Crippen LogP contribution in [0.15, 0.2) is 24.5 Å². The molecule has 1 N–H and O–H groups in total. The van der Waals surface area contributed by atoms with E-state index in [1.54, 1.807) is 24.5 Å². The number of rotatable bonds is 5. The predicted molar refractivity (Wildman–Crippen MR) is 91.8 cm³/mol. The lowest BCUT2D eigenvalue weighted by Gasteiger charge is -2.50. The second-order valence-corrected chi connectivity index (χ2v) is 7.69. The lowest BCUT2D eigenvalue weighted by atomic mass is 9.78. The van der Waals surface area contributed by atoms with Gasteiger partial charge in [-0.3, -0.25) is 14.6 Å².